The molecule has 0 unspecified atom stereocenters. The monoisotopic (exact) mass is 499 g/mol. The van der Waals surface area contributed by atoms with E-state index in [1.165, 1.54) is 0 Å². The highest BCUT2D eigenvalue weighted by atomic mass is 79.9. The molecule has 30 heavy (non-hydrogen) atoms. The zero-order valence-electron chi connectivity index (χ0n) is 15.5. The molecule has 3 aromatic carbocycles. The molecule has 0 saturated carbocycles. The van der Waals surface area contributed by atoms with Gasteiger partial charge >= 0.3 is 0 Å². The van der Waals surface area contributed by atoms with Crippen LogP contribution >= 0.6 is 39.3 Å². The second-order valence-electron chi connectivity index (χ2n) is 6.45. The molecule has 1 fully saturated rings. The third kappa shape index (κ3) is 4.61. The average Bonchev–Trinajstić information content (AvgIpc) is 3.02. The number of anilines is 1. The SMILES string of the molecule is O=C1S/C(=C/c2cc(Br)ccc2OCc2ccccc2)C(=O)N1c1ccc(Cl)cc1. The van der Waals surface area contributed by atoms with Crippen molar-refractivity contribution in [2.75, 3.05) is 4.90 Å². The molecular formula is C23H15BrClNO3S. The molecule has 0 spiro atoms. The summed E-state index contributed by atoms with van der Waals surface area (Å²) in [6.45, 7) is 0.398. The Bertz CT molecular complexity index is 1130. The van der Waals surface area contributed by atoms with E-state index in [1.54, 1.807) is 30.3 Å². The molecule has 0 N–H and O–H groups in total. The van der Waals surface area contributed by atoms with Crippen LogP contribution < -0.4 is 9.64 Å². The topological polar surface area (TPSA) is 46.6 Å². The molecule has 7 heteroatoms. The van der Waals surface area contributed by atoms with E-state index in [2.05, 4.69) is 15.9 Å². The van der Waals surface area contributed by atoms with Crippen molar-refractivity contribution in [1.82, 2.24) is 0 Å². The number of rotatable bonds is 5. The Morgan fingerprint density at radius 2 is 1.73 bits per heavy atom. The molecule has 2 amide bonds. The highest BCUT2D eigenvalue weighted by Gasteiger charge is 2.36. The number of thioether (sulfide) groups is 1. The zero-order chi connectivity index (χ0) is 21.1. The minimum atomic E-state index is -0.374. The summed E-state index contributed by atoms with van der Waals surface area (Å²) in [7, 11) is 0. The summed E-state index contributed by atoms with van der Waals surface area (Å²) in [6, 6.07) is 22.0. The fourth-order valence-electron chi connectivity index (χ4n) is 2.92. The first-order chi connectivity index (χ1) is 14.5. The fourth-order valence-corrected chi connectivity index (χ4v) is 4.26. The van der Waals surface area contributed by atoms with E-state index in [0.717, 1.165) is 26.7 Å². The van der Waals surface area contributed by atoms with E-state index in [-0.39, 0.29) is 11.1 Å². The lowest BCUT2D eigenvalue weighted by Crippen LogP contribution is -2.27. The van der Waals surface area contributed by atoms with Crippen LogP contribution in [0.1, 0.15) is 11.1 Å². The first-order valence-electron chi connectivity index (χ1n) is 9.01. The molecule has 0 aromatic heterocycles. The number of benzene rings is 3. The number of halogens is 2. The van der Waals surface area contributed by atoms with E-state index >= 15 is 0 Å². The van der Waals surface area contributed by atoms with Crippen molar-refractivity contribution in [1.29, 1.82) is 0 Å². The maximum atomic E-state index is 12.9. The van der Waals surface area contributed by atoms with Gasteiger partial charge in [0.15, 0.2) is 0 Å². The molecule has 1 heterocycles. The lowest BCUT2D eigenvalue weighted by Gasteiger charge is -2.12. The number of ether oxygens (including phenoxy) is 1. The van der Waals surface area contributed by atoms with Gasteiger partial charge in [-0.05, 0) is 65.9 Å². The Kier molecular flexibility index (Phi) is 6.27. The van der Waals surface area contributed by atoms with Gasteiger partial charge in [0.25, 0.3) is 11.1 Å². The fraction of sp³-hybridized carbons (Fsp3) is 0.0435. The van der Waals surface area contributed by atoms with E-state index in [1.807, 2.05) is 48.5 Å². The lowest BCUT2D eigenvalue weighted by atomic mass is 10.1. The van der Waals surface area contributed by atoms with Gasteiger partial charge in [-0.1, -0.05) is 57.9 Å². The predicted molar refractivity (Wildman–Crippen MR) is 125 cm³/mol. The van der Waals surface area contributed by atoms with Crippen LogP contribution in [0.4, 0.5) is 10.5 Å². The first kappa shape index (κ1) is 20.7. The van der Waals surface area contributed by atoms with Gasteiger partial charge in [-0.15, -0.1) is 0 Å². The summed E-state index contributed by atoms with van der Waals surface area (Å²) in [5, 5.41) is 0.186. The molecule has 1 aliphatic heterocycles. The highest BCUT2D eigenvalue weighted by molar-refractivity contribution is 9.10. The van der Waals surface area contributed by atoms with Crippen LogP contribution in [0.2, 0.25) is 5.02 Å². The Balaban J connectivity index is 1.61. The summed E-state index contributed by atoms with van der Waals surface area (Å²) in [5.74, 6) is 0.252. The number of nitrogens with zero attached hydrogens (tertiary/aromatic N) is 1. The average molecular weight is 501 g/mol. The summed E-state index contributed by atoms with van der Waals surface area (Å²) in [6.07, 6.45) is 1.69. The van der Waals surface area contributed by atoms with Gasteiger partial charge in [0.1, 0.15) is 12.4 Å². The second kappa shape index (κ2) is 9.08. The maximum absolute atomic E-state index is 12.9. The number of amides is 2. The van der Waals surface area contributed by atoms with Gasteiger partial charge in [0.2, 0.25) is 0 Å². The summed E-state index contributed by atoms with van der Waals surface area (Å²) in [5.41, 5.74) is 2.23. The van der Waals surface area contributed by atoms with Crippen LogP contribution in [0.15, 0.2) is 82.2 Å². The van der Waals surface area contributed by atoms with Gasteiger partial charge < -0.3 is 4.74 Å². The molecule has 1 saturated heterocycles. The van der Waals surface area contributed by atoms with Crippen LogP contribution in [0.5, 0.6) is 5.75 Å². The van der Waals surface area contributed by atoms with Crippen LogP contribution in [-0.4, -0.2) is 11.1 Å². The minimum absolute atomic E-state index is 0.331. The Hall–Kier alpha value is -2.54. The van der Waals surface area contributed by atoms with Crippen LogP contribution in [0.25, 0.3) is 6.08 Å². The number of carbonyl (C=O) groups is 2. The van der Waals surface area contributed by atoms with Crippen molar-refractivity contribution in [2.45, 2.75) is 6.61 Å². The summed E-state index contributed by atoms with van der Waals surface area (Å²) in [4.78, 5) is 26.9. The molecule has 4 rings (SSSR count). The van der Waals surface area contributed by atoms with E-state index < -0.39 is 0 Å². The van der Waals surface area contributed by atoms with Gasteiger partial charge in [0, 0.05) is 15.1 Å². The minimum Gasteiger partial charge on any atom is -0.488 e. The van der Waals surface area contributed by atoms with Gasteiger partial charge in [-0.25, -0.2) is 4.90 Å². The molecule has 0 radical (unpaired) electrons. The number of carbonyl (C=O) groups excluding carboxylic acids is 2. The van der Waals surface area contributed by atoms with Gasteiger partial charge in [-0.2, -0.15) is 0 Å². The standard InChI is InChI=1S/C23H15BrClNO3S/c24-17-6-11-20(29-14-15-4-2-1-3-5-15)16(12-17)13-21-22(27)26(23(28)30-21)19-9-7-18(25)8-10-19/h1-13H,14H2/b21-13+. The number of hydrogen-bond donors (Lipinski definition) is 0. The third-order valence-corrected chi connectivity index (χ3v) is 5.99. The Morgan fingerprint density at radius 1 is 1.00 bits per heavy atom. The van der Waals surface area contributed by atoms with Crippen molar-refractivity contribution in [2.24, 2.45) is 0 Å². The van der Waals surface area contributed by atoms with E-state index in [0.29, 0.717) is 33.5 Å². The molecule has 0 aliphatic carbocycles. The first-order valence-corrected chi connectivity index (χ1v) is 11.0. The van der Waals surface area contributed by atoms with Crippen molar-refractivity contribution in [3.63, 3.8) is 0 Å². The normalized spacial score (nSPS) is 15.1. The Labute approximate surface area is 191 Å². The highest BCUT2D eigenvalue weighted by Crippen LogP contribution is 2.37. The second-order valence-corrected chi connectivity index (χ2v) is 8.80. The third-order valence-electron chi connectivity index (χ3n) is 4.37. The van der Waals surface area contributed by atoms with Crippen LogP contribution in [0.3, 0.4) is 0 Å². The Morgan fingerprint density at radius 3 is 2.47 bits per heavy atom. The molecule has 1 aliphatic rings. The molecule has 4 nitrogen and oxygen atoms in total. The molecule has 150 valence electrons. The number of imide groups is 1. The molecule has 0 bridgehead atoms. The van der Waals surface area contributed by atoms with E-state index in [4.69, 9.17) is 16.3 Å². The molecule has 0 atom stereocenters. The predicted octanol–water partition coefficient (Wildman–Crippen LogP) is 6.92. The molecular weight excluding hydrogens is 486 g/mol. The van der Waals surface area contributed by atoms with Crippen molar-refractivity contribution < 1.29 is 14.3 Å². The van der Waals surface area contributed by atoms with Crippen LogP contribution in [0, 0.1) is 0 Å². The zero-order valence-corrected chi connectivity index (χ0v) is 18.7. The smallest absolute Gasteiger partial charge is 0.298 e. The summed E-state index contributed by atoms with van der Waals surface area (Å²) < 4.78 is 6.82. The van der Waals surface area contributed by atoms with Crippen molar-refractivity contribution >= 4 is 62.2 Å². The lowest BCUT2D eigenvalue weighted by molar-refractivity contribution is -0.113. The summed E-state index contributed by atoms with van der Waals surface area (Å²) >= 11 is 10.3. The largest absolute Gasteiger partial charge is 0.488 e. The van der Waals surface area contributed by atoms with Crippen LogP contribution in [-0.2, 0) is 11.4 Å². The van der Waals surface area contributed by atoms with Crippen molar-refractivity contribution in [3.8, 4) is 5.75 Å². The molecule has 3 aromatic rings. The number of hydrogen-bond acceptors (Lipinski definition) is 4. The van der Waals surface area contributed by atoms with Gasteiger partial charge in [0.05, 0.1) is 10.6 Å². The quantitative estimate of drug-likeness (QED) is 0.357. The maximum Gasteiger partial charge on any atom is 0.298 e. The van der Waals surface area contributed by atoms with Crippen molar-refractivity contribution in [3.05, 3.63) is 98.3 Å². The van der Waals surface area contributed by atoms with Gasteiger partial charge in [-0.3, -0.25) is 9.59 Å². The van der Waals surface area contributed by atoms with E-state index in [9.17, 15) is 9.59 Å².